The van der Waals surface area contributed by atoms with Crippen LogP contribution in [0, 0.1) is 11.8 Å². The molecule has 0 unspecified atom stereocenters. The number of amides is 2. The zero-order valence-corrected chi connectivity index (χ0v) is 15.1. The monoisotopic (exact) mass is 351 g/mol. The normalized spacial score (nSPS) is 29.7. The summed E-state index contributed by atoms with van der Waals surface area (Å²) in [5.74, 6) is 1.08. The Morgan fingerprint density at radius 3 is 2.73 bits per heavy atom. The van der Waals surface area contributed by atoms with E-state index in [1.54, 1.807) is 0 Å². The Labute approximate surface area is 153 Å². The molecule has 0 radical (unpaired) electrons. The van der Waals surface area contributed by atoms with Crippen molar-refractivity contribution in [3.05, 3.63) is 35.5 Å². The summed E-state index contributed by atoms with van der Waals surface area (Å²) in [6.07, 6.45) is 6.41. The summed E-state index contributed by atoms with van der Waals surface area (Å²) in [4.78, 5) is 29.4. The van der Waals surface area contributed by atoms with Gasteiger partial charge in [-0.05, 0) is 55.3 Å². The lowest BCUT2D eigenvalue weighted by Crippen LogP contribution is -2.48. The van der Waals surface area contributed by atoms with Gasteiger partial charge in [0.25, 0.3) is 0 Å². The first-order valence-electron chi connectivity index (χ1n) is 9.70. The van der Waals surface area contributed by atoms with Crippen molar-refractivity contribution < 1.29 is 9.59 Å². The molecule has 3 aliphatic rings. The quantitative estimate of drug-likeness (QED) is 0.818. The fraction of sp³-hybridized carbons (Fsp3) is 0.524. The van der Waals surface area contributed by atoms with Gasteiger partial charge >= 0.3 is 0 Å². The first-order chi connectivity index (χ1) is 12.6. The second-order valence-corrected chi connectivity index (χ2v) is 8.48. The minimum Gasteiger partial charge on any atom is -0.361 e. The van der Waals surface area contributed by atoms with Crippen LogP contribution in [0.3, 0.4) is 0 Å². The largest absolute Gasteiger partial charge is 0.361 e. The van der Waals surface area contributed by atoms with E-state index in [1.807, 2.05) is 0 Å². The van der Waals surface area contributed by atoms with Crippen LogP contribution in [0.25, 0.3) is 10.9 Å². The van der Waals surface area contributed by atoms with Crippen LogP contribution >= 0.6 is 0 Å². The molecule has 1 aliphatic carbocycles. The average molecular weight is 351 g/mol. The summed E-state index contributed by atoms with van der Waals surface area (Å²) < 4.78 is 0. The molecule has 2 saturated heterocycles. The van der Waals surface area contributed by atoms with Gasteiger partial charge in [-0.2, -0.15) is 0 Å². The van der Waals surface area contributed by atoms with Crippen molar-refractivity contribution in [2.45, 2.75) is 44.1 Å². The van der Waals surface area contributed by atoms with Gasteiger partial charge < -0.3 is 9.88 Å². The molecule has 5 heteroatoms. The maximum Gasteiger partial charge on any atom is 0.226 e. The first kappa shape index (κ1) is 16.1. The lowest BCUT2D eigenvalue weighted by Gasteiger charge is -2.46. The summed E-state index contributed by atoms with van der Waals surface area (Å²) in [5.41, 5.74) is 4.16. The number of imide groups is 1. The lowest BCUT2D eigenvalue weighted by molar-refractivity contribution is -0.135. The van der Waals surface area contributed by atoms with Crippen LogP contribution in [0.15, 0.2) is 24.4 Å². The van der Waals surface area contributed by atoms with Gasteiger partial charge in [0, 0.05) is 48.4 Å². The number of hydrogen-bond donors (Lipinski definition) is 2. The number of likely N-dealkylation sites (tertiary alicyclic amines) is 1. The van der Waals surface area contributed by atoms with E-state index in [-0.39, 0.29) is 17.7 Å². The van der Waals surface area contributed by atoms with Crippen LogP contribution in [-0.2, 0) is 16.0 Å². The fourth-order valence-electron chi connectivity index (χ4n) is 5.72. The molecule has 2 aliphatic heterocycles. The number of aromatic nitrogens is 1. The van der Waals surface area contributed by atoms with Crippen molar-refractivity contribution in [2.24, 2.45) is 11.8 Å². The molecular weight excluding hydrogens is 326 g/mol. The Bertz CT molecular complexity index is 871. The number of fused-ring (bicyclic) bond motifs is 2. The summed E-state index contributed by atoms with van der Waals surface area (Å²) >= 11 is 0. The number of piperidine rings is 2. The Morgan fingerprint density at radius 1 is 1.12 bits per heavy atom. The number of aromatic amines is 1. The molecular formula is C21H25N3O2. The summed E-state index contributed by atoms with van der Waals surface area (Å²) in [7, 11) is 2.24. The maximum atomic E-state index is 11.7. The second-order valence-electron chi connectivity index (χ2n) is 8.48. The molecule has 26 heavy (non-hydrogen) atoms. The fourth-order valence-corrected chi connectivity index (χ4v) is 5.72. The van der Waals surface area contributed by atoms with Gasteiger partial charge in [-0.1, -0.05) is 12.1 Å². The molecule has 3 atom stereocenters. The average Bonchev–Trinajstić information content (AvgIpc) is 3.00. The van der Waals surface area contributed by atoms with Crippen LogP contribution in [-0.4, -0.2) is 41.3 Å². The number of carbonyl (C=O) groups excluding carboxylic acids is 2. The highest BCUT2D eigenvalue weighted by Crippen LogP contribution is 2.45. The first-order valence-corrected chi connectivity index (χ1v) is 9.70. The molecule has 5 rings (SSSR count). The highest BCUT2D eigenvalue weighted by atomic mass is 16.2. The number of carbonyl (C=O) groups is 2. The molecule has 1 aromatic heterocycles. The number of nitrogens with zero attached hydrogens (tertiary/aromatic N) is 1. The van der Waals surface area contributed by atoms with Gasteiger partial charge in [0.05, 0.1) is 0 Å². The van der Waals surface area contributed by atoms with E-state index in [2.05, 4.69) is 46.6 Å². The maximum absolute atomic E-state index is 11.7. The van der Waals surface area contributed by atoms with Gasteiger partial charge in [0.2, 0.25) is 11.8 Å². The Hall–Kier alpha value is -2.14. The third-order valence-electron chi connectivity index (χ3n) is 6.71. The molecule has 0 bridgehead atoms. The summed E-state index contributed by atoms with van der Waals surface area (Å²) in [5, 5.41) is 3.86. The van der Waals surface area contributed by atoms with Gasteiger partial charge in [0.15, 0.2) is 0 Å². The van der Waals surface area contributed by atoms with E-state index in [1.165, 1.54) is 22.0 Å². The predicted molar refractivity (Wildman–Crippen MR) is 99.8 cm³/mol. The molecule has 2 aromatic rings. The highest BCUT2D eigenvalue weighted by Gasteiger charge is 2.40. The number of H-pyrrole nitrogens is 1. The van der Waals surface area contributed by atoms with Crippen LogP contribution in [0.2, 0.25) is 0 Å². The number of benzene rings is 1. The van der Waals surface area contributed by atoms with Crippen LogP contribution < -0.4 is 5.32 Å². The molecule has 1 aromatic carbocycles. The highest BCUT2D eigenvalue weighted by molar-refractivity contribution is 5.97. The Balaban J connectivity index is 1.41. The molecule has 2 N–H and O–H groups in total. The van der Waals surface area contributed by atoms with E-state index < -0.39 is 0 Å². The van der Waals surface area contributed by atoms with Crippen molar-refractivity contribution in [1.82, 2.24) is 15.2 Å². The minimum atomic E-state index is -0.104. The van der Waals surface area contributed by atoms with Gasteiger partial charge in [-0.3, -0.25) is 14.9 Å². The molecule has 0 spiro atoms. The zero-order chi connectivity index (χ0) is 17.8. The predicted octanol–water partition coefficient (Wildman–Crippen LogP) is 2.57. The van der Waals surface area contributed by atoms with Crippen LogP contribution in [0.1, 0.15) is 42.7 Å². The van der Waals surface area contributed by atoms with Crippen molar-refractivity contribution >= 4 is 22.7 Å². The molecule has 2 amide bonds. The summed E-state index contributed by atoms with van der Waals surface area (Å²) in [6, 6.07) is 7.17. The zero-order valence-electron chi connectivity index (χ0n) is 15.1. The van der Waals surface area contributed by atoms with Crippen molar-refractivity contribution in [3.63, 3.8) is 0 Å². The van der Waals surface area contributed by atoms with E-state index in [0.717, 1.165) is 25.8 Å². The molecule has 136 valence electrons. The van der Waals surface area contributed by atoms with Crippen LogP contribution in [0.4, 0.5) is 0 Å². The van der Waals surface area contributed by atoms with Crippen molar-refractivity contribution in [3.8, 4) is 0 Å². The number of hydrogen-bond acceptors (Lipinski definition) is 3. The van der Waals surface area contributed by atoms with E-state index in [4.69, 9.17) is 0 Å². The number of nitrogens with one attached hydrogen (secondary N) is 2. The molecule has 0 saturated carbocycles. The third kappa shape index (κ3) is 2.57. The third-order valence-corrected chi connectivity index (χ3v) is 6.71. The van der Waals surface area contributed by atoms with E-state index >= 15 is 0 Å². The molecule has 3 heterocycles. The number of likely N-dealkylation sites (N-methyl/N-ethyl adjacent to an activating group) is 1. The SMILES string of the molecule is CN1C[C@H](CC2CC(=O)NC(=O)C2)C[C@@H]2c3cccc4[nH]cc(c34)C[C@H]21. The lowest BCUT2D eigenvalue weighted by atomic mass is 9.70. The Kier molecular flexibility index (Phi) is 3.67. The van der Waals surface area contributed by atoms with Crippen molar-refractivity contribution in [1.29, 1.82) is 0 Å². The number of rotatable bonds is 2. The van der Waals surface area contributed by atoms with Crippen LogP contribution in [0.5, 0.6) is 0 Å². The summed E-state index contributed by atoms with van der Waals surface area (Å²) in [6.45, 7) is 1.06. The minimum absolute atomic E-state index is 0.104. The van der Waals surface area contributed by atoms with Gasteiger partial charge in [-0.15, -0.1) is 0 Å². The standard InChI is InChI=1S/C21H25N3O2/c1-24-11-13(5-12-7-19(25)23-20(26)8-12)6-16-15-3-2-4-17-21(15)14(10-22-17)9-18(16)24/h2-4,10,12-13,16,18,22H,5-9,11H2,1H3,(H,23,25,26)/t13-,16-,18-/m1/s1. The van der Waals surface area contributed by atoms with Gasteiger partial charge in [-0.25, -0.2) is 0 Å². The Morgan fingerprint density at radius 2 is 1.92 bits per heavy atom. The topological polar surface area (TPSA) is 65.2 Å². The second kappa shape index (κ2) is 5.95. The van der Waals surface area contributed by atoms with Gasteiger partial charge in [0.1, 0.15) is 0 Å². The van der Waals surface area contributed by atoms with E-state index in [0.29, 0.717) is 30.7 Å². The molecule has 5 nitrogen and oxygen atoms in total. The smallest absolute Gasteiger partial charge is 0.226 e. The van der Waals surface area contributed by atoms with Crippen molar-refractivity contribution in [2.75, 3.05) is 13.6 Å². The van der Waals surface area contributed by atoms with E-state index in [9.17, 15) is 9.59 Å². The molecule has 2 fully saturated rings.